The molecule has 0 amide bonds. The van der Waals surface area contributed by atoms with Crippen molar-refractivity contribution in [2.24, 2.45) is 10.1 Å². The van der Waals surface area contributed by atoms with E-state index in [0.717, 1.165) is 11.1 Å². The Morgan fingerprint density at radius 3 is 2.77 bits per heavy atom. The van der Waals surface area contributed by atoms with Crippen LogP contribution in [0.4, 0.5) is 0 Å². The van der Waals surface area contributed by atoms with Gasteiger partial charge in [-0.1, -0.05) is 24.3 Å². The maximum Gasteiger partial charge on any atom is 0.259 e. The number of benzene rings is 1. The molecule has 1 aliphatic rings. The lowest BCUT2D eigenvalue weighted by molar-refractivity contribution is 0.596. The summed E-state index contributed by atoms with van der Waals surface area (Å²) in [6.45, 7) is 0. The van der Waals surface area contributed by atoms with Gasteiger partial charge in [-0.05, 0) is 5.56 Å². The van der Waals surface area contributed by atoms with Crippen molar-refractivity contribution >= 4 is 15.9 Å². The molecule has 2 N–H and O–H groups in total. The van der Waals surface area contributed by atoms with Crippen molar-refractivity contribution in [2.75, 3.05) is 0 Å². The zero-order valence-electron chi connectivity index (χ0n) is 6.77. The number of sulfonamides is 1. The predicted molar refractivity (Wildman–Crippen MR) is 49.8 cm³/mol. The van der Waals surface area contributed by atoms with Crippen molar-refractivity contribution in [3.8, 4) is 0 Å². The van der Waals surface area contributed by atoms with Crippen LogP contribution in [0.3, 0.4) is 0 Å². The number of nitrogens with two attached hydrogens (primary N) is 1. The lowest BCUT2D eigenvalue weighted by atomic mass is 10.1. The number of hydrogen-bond acceptors (Lipinski definition) is 3. The van der Waals surface area contributed by atoms with Crippen LogP contribution in [-0.2, 0) is 15.8 Å². The lowest BCUT2D eigenvalue weighted by Crippen LogP contribution is -2.23. The summed E-state index contributed by atoms with van der Waals surface area (Å²) in [5.74, 6) is 0.0333. The zero-order chi connectivity index (χ0) is 9.47. The highest BCUT2D eigenvalue weighted by Gasteiger charge is 2.20. The number of fused-ring (bicyclic) bond motifs is 1. The first-order chi connectivity index (χ1) is 6.08. The van der Waals surface area contributed by atoms with E-state index in [1.54, 1.807) is 24.3 Å². The normalized spacial score (nSPS) is 18.9. The minimum atomic E-state index is -3.38. The third-order valence-electron chi connectivity index (χ3n) is 1.87. The van der Waals surface area contributed by atoms with Crippen LogP contribution in [0.2, 0.25) is 0 Å². The Morgan fingerprint density at radius 2 is 2.00 bits per heavy atom. The van der Waals surface area contributed by atoms with Gasteiger partial charge in [-0.2, -0.15) is 0 Å². The van der Waals surface area contributed by atoms with Gasteiger partial charge in [0.2, 0.25) is 0 Å². The van der Waals surface area contributed by atoms with E-state index in [4.69, 9.17) is 5.73 Å². The average Bonchev–Trinajstić information content (AvgIpc) is 2.02. The Bertz CT molecular complexity index is 477. The van der Waals surface area contributed by atoms with Crippen LogP contribution < -0.4 is 5.73 Å². The molecular weight excluding hydrogens is 188 g/mol. The molecule has 0 fully saturated rings. The molecule has 0 unspecified atom stereocenters. The summed E-state index contributed by atoms with van der Waals surface area (Å²) in [4.78, 5) is 0. The highest BCUT2D eigenvalue weighted by atomic mass is 32.2. The van der Waals surface area contributed by atoms with E-state index < -0.39 is 10.0 Å². The zero-order valence-corrected chi connectivity index (χ0v) is 7.58. The van der Waals surface area contributed by atoms with Gasteiger partial charge < -0.3 is 5.73 Å². The Morgan fingerprint density at radius 1 is 1.31 bits per heavy atom. The van der Waals surface area contributed by atoms with Gasteiger partial charge in [-0.25, -0.2) is 8.42 Å². The quantitative estimate of drug-likeness (QED) is 0.645. The van der Waals surface area contributed by atoms with E-state index in [2.05, 4.69) is 4.40 Å². The van der Waals surface area contributed by atoms with Crippen molar-refractivity contribution in [1.82, 2.24) is 0 Å². The van der Waals surface area contributed by atoms with E-state index in [1.165, 1.54) is 0 Å². The standard InChI is InChI=1S/C8H8N2O2S/c9-8-7-4-2-1-3-6(7)5-13(11,12)10-8/h1-4H,5H2,(H2,9,10). The summed E-state index contributed by atoms with van der Waals surface area (Å²) < 4.78 is 25.7. The van der Waals surface area contributed by atoms with Crippen molar-refractivity contribution in [3.63, 3.8) is 0 Å². The van der Waals surface area contributed by atoms with Crippen LogP contribution >= 0.6 is 0 Å². The van der Waals surface area contributed by atoms with Crippen LogP contribution in [0.1, 0.15) is 11.1 Å². The van der Waals surface area contributed by atoms with Crippen molar-refractivity contribution in [3.05, 3.63) is 35.4 Å². The van der Waals surface area contributed by atoms with E-state index in [1.807, 2.05) is 0 Å². The third kappa shape index (κ3) is 1.42. The number of nitrogens with zero attached hydrogens (tertiary/aromatic N) is 1. The second-order valence-corrected chi connectivity index (χ2v) is 4.50. The highest BCUT2D eigenvalue weighted by molar-refractivity contribution is 7.89. The Kier molecular flexibility index (Phi) is 1.63. The summed E-state index contributed by atoms with van der Waals surface area (Å²) in [6.07, 6.45) is 0. The minimum absolute atomic E-state index is 0.0517. The molecule has 4 nitrogen and oxygen atoms in total. The van der Waals surface area contributed by atoms with Gasteiger partial charge in [-0.15, -0.1) is 4.40 Å². The molecule has 0 spiro atoms. The van der Waals surface area contributed by atoms with Crippen LogP contribution in [0, 0.1) is 0 Å². The smallest absolute Gasteiger partial charge is 0.259 e. The number of rotatable bonds is 0. The van der Waals surface area contributed by atoms with E-state index >= 15 is 0 Å². The van der Waals surface area contributed by atoms with Crippen molar-refractivity contribution in [1.29, 1.82) is 0 Å². The molecule has 0 bridgehead atoms. The molecule has 0 radical (unpaired) electrons. The molecule has 0 atom stereocenters. The molecule has 0 saturated carbocycles. The summed E-state index contributed by atoms with van der Waals surface area (Å²) >= 11 is 0. The molecule has 1 heterocycles. The molecule has 0 aromatic heterocycles. The van der Waals surface area contributed by atoms with Crippen LogP contribution in [0.25, 0.3) is 0 Å². The monoisotopic (exact) mass is 196 g/mol. The van der Waals surface area contributed by atoms with E-state index in [9.17, 15) is 8.42 Å². The van der Waals surface area contributed by atoms with Gasteiger partial charge in [0.05, 0.1) is 5.75 Å². The fourth-order valence-corrected chi connectivity index (χ4v) is 2.43. The topological polar surface area (TPSA) is 72.5 Å². The van der Waals surface area contributed by atoms with Gasteiger partial charge >= 0.3 is 0 Å². The van der Waals surface area contributed by atoms with Gasteiger partial charge in [0, 0.05) is 5.56 Å². The van der Waals surface area contributed by atoms with Gasteiger partial charge in [0.25, 0.3) is 10.0 Å². The molecule has 0 saturated heterocycles. The molecule has 1 aromatic carbocycles. The van der Waals surface area contributed by atoms with Crippen LogP contribution in [-0.4, -0.2) is 14.3 Å². The first-order valence-electron chi connectivity index (χ1n) is 3.75. The first kappa shape index (κ1) is 8.25. The van der Waals surface area contributed by atoms with Crippen molar-refractivity contribution < 1.29 is 8.42 Å². The fraction of sp³-hybridized carbons (Fsp3) is 0.125. The second-order valence-electron chi connectivity index (χ2n) is 2.86. The highest BCUT2D eigenvalue weighted by Crippen LogP contribution is 2.18. The van der Waals surface area contributed by atoms with Crippen LogP contribution in [0.15, 0.2) is 28.7 Å². The molecule has 68 valence electrons. The van der Waals surface area contributed by atoms with Gasteiger partial charge in [0.15, 0.2) is 0 Å². The molecule has 1 aromatic rings. The van der Waals surface area contributed by atoms with Gasteiger partial charge in [0.1, 0.15) is 5.84 Å². The SMILES string of the molecule is NC1=NS(=O)(=O)Cc2ccccc21. The van der Waals surface area contributed by atoms with E-state index in [-0.39, 0.29) is 11.6 Å². The molecular formula is C8H8N2O2S. The first-order valence-corrected chi connectivity index (χ1v) is 5.36. The number of hydrogen-bond donors (Lipinski definition) is 1. The fourth-order valence-electron chi connectivity index (χ4n) is 1.32. The summed E-state index contributed by atoms with van der Waals surface area (Å²) in [5, 5.41) is 0. The Hall–Kier alpha value is -1.36. The molecule has 2 rings (SSSR count). The Labute approximate surface area is 76.2 Å². The van der Waals surface area contributed by atoms with Gasteiger partial charge in [-0.3, -0.25) is 0 Å². The van der Waals surface area contributed by atoms with E-state index in [0.29, 0.717) is 0 Å². The van der Waals surface area contributed by atoms with Crippen LogP contribution in [0.5, 0.6) is 0 Å². The predicted octanol–water partition coefficient (Wildman–Crippen LogP) is 0.235. The summed E-state index contributed by atoms with van der Waals surface area (Å²) in [5.41, 5.74) is 6.93. The summed E-state index contributed by atoms with van der Waals surface area (Å²) in [7, 11) is -3.38. The second kappa shape index (κ2) is 2.56. The number of amidine groups is 1. The summed E-state index contributed by atoms with van der Waals surface area (Å²) in [6, 6.07) is 7.10. The maximum absolute atomic E-state index is 11.2. The largest absolute Gasteiger partial charge is 0.383 e. The molecule has 5 heteroatoms. The molecule has 0 aliphatic carbocycles. The molecule has 1 aliphatic heterocycles. The Balaban J connectivity index is 2.68. The minimum Gasteiger partial charge on any atom is -0.383 e. The lowest BCUT2D eigenvalue weighted by Gasteiger charge is -2.12. The maximum atomic E-state index is 11.2. The third-order valence-corrected chi connectivity index (χ3v) is 3.02. The molecule has 13 heavy (non-hydrogen) atoms. The van der Waals surface area contributed by atoms with Crippen molar-refractivity contribution in [2.45, 2.75) is 5.75 Å². The average molecular weight is 196 g/mol.